The summed E-state index contributed by atoms with van der Waals surface area (Å²) in [7, 11) is 1.37. The third-order valence-corrected chi connectivity index (χ3v) is 6.01. The molecule has 1 amide bonds. The minimum absolute atomic E-state index is 0.0486. The Bertz CT molecular complexity index is 922. The highest BCUT2D eigenvalue weighted by molar-refractivity contribution is 5.93. The molecule has 1 fully saturated rings. The van der Waals surface area contributed by atoms with Crippen LogP contribution in [0.4, 0.5) is 11.4 Å². The monoisotopic (exact) mass is 407 g/mol. The Morgan fingerprint density at radius 3 is 2.70 bits per heavy atom. The average molecular weight is 408 g/mol. The number of aryl methyl sites for hydroxylation is 1. The first-order valence-electron chi connectivity index (χ1n) is 10.7. The SMILES string of the molecule is COC(=O)c1ccc(N2CCCC2)c(NCC(=O)N[C@H]2CCCc3ccccc32)c1. The Labute approximate surface area is 177 Å². The maximum absolute atomic E-state index is 12.7. The van der Waals surface area contributed by atoms with Gasteiger partial charge in [-0.1, -0.05) is 24.3 Å². The predicted molar refractivity (Wildman–Crippen MR) is 118 cm³/mol. The summed E-state index contributed by atoms with van der Waals surface area (Å²) in [5, 5.41) is 6.44. The molecule has 1 atom stereocenters. The Morgan fingerprint density at radius 1 is 1.10 bits per heavy atom. The molecule has 1 heterocycles. The van der Waals surface area contributed by atoms with Crippen LogP contribution in [0.2, 0.25) is 0 Å². The highest BCUT2D eigenvalue weighted by atomic mass is 16.5. The van der Waals surface area contributed by atoms with Crippen LogP contribution in [0.25, 0.3) is 0 Å². The van der Waals surface area contributed by atoms with Gasteiger partial charge in [0.05, 0.1) is 36.6 Å². The van der Waals surface area contributed by atoms with Gasteiger partial charge in [0.2, 0.25) is 5.91 Å². The number of hydrogen-bond donors (Lipinski definition) is 2. The van der Waals surface area contributed by atoms with Gasteiger partial charge >= 0.3 is 5.97 Å². The zero-order chi connectivity index (χ0) is 20.9. The van der Waals surface area contributed by atoms with Crippen molar-refractivity contribution >= 4 is 23.3 Å². The molecule has 1 saturated heterocycles. The quantitative estimate of drug-likeness (QED) is 0.715. The summed E-state index contributed by atoms with van der Waals surface area (Å²) in [6.45, 7) is 2.12. The van der Waals surface area contributed by atoms with Crippen molar-refractivity contribution in [3.8, 4) is 0 Å². The second-order valence-electron chi connectivity index (χ2n) is 7.98. The molecule has 6 nitrogen and oxygen atoms in total. The Kier molecular flexibility index (Phi) is 6.21. The summed E-state index contributed by atoms with van der Waals surface area (Å²) in [5.41, 5.74) is 4.84. The second-order valence-corrected chi connectivity index (χ2v) is 7.98. The van der Waals surface area contributed by atoms with Gasteiger partial charge in [0, 0.05) is 13.1 Å². The summed E-state index contributed by atoms with van der Waals surface area (Å²) >= 11 is 0. The number of ether oxygens (including phenoxy) is 1. The number of amides is 1. The topological polar surface area (TPSA) is 70.7 Å². The molecular weight excluding hydrogens is 378 g/mol. The van der Waals surface area contributed by atoms with Gasteiger partial charge < -0.3 is 20.3 Å². The van der Waals surface area contributed by atoms with E-state index in [9.17, 15) is 9.59 Å². The zero-order valence-corrected chi connectivity index (χ0v) is 17.4. The van der Waals surface area contributed by atoms with Crippen molar-refractivity contribution in [2.75, 3.05) is 37.0 Å². The first kappa shape index (κ1) is 20.3. The normalized spacial score (nSPS) is 17.9. The van der Waals surface area contributed by atoms with Gasteiger partial charge in [-0.15, -0.1) is 0 Å². The number of carbonyl (C=O) groups is 2. The van der Waals surface area contributed by atoms with Crippen molar-refractivity contribution in [2.45, 2.75) is 38.1 Å². The number of benzene rings is 2. The van der Waals surface area contributed by atoms with Crippen molar-refractivity contribution in [3.63, 3.8) is 0 Å². The van der Waals surface area contributed by atoms with Gasteiger partial charge in [-0.2, -0.15) is 0 Å². The standard InChI is InChI=1S/C24H29N3O3/c1-30-24(29)18-11-12-22(27-13-4-5-14-27)21(15-18)25-16-23(28)26-20-10-6-8-17-7-2-3-9-19(17)20/h2-3,7,9,11-12,15,20,25H,4-6,8,10,13-14,16H2,1H3,(H,26,28)/t20-/m0/s1. The molecule has 0 unspecified atom stereocenters. The lowest BCUT2D eigenvalue weighted by molar-refractivity contribution is -0.120. The molecule has 1 aliphatic carbocycles. The third kappa shape index (κ3) is 4.42. The fraction of sp³-hybridized carbons (Fsp3) is 0.417. The number of hydrogen-bond acceptors (Lipinski definition) is 5. The number of anilines is 2. The van der Waals surface area contributed by atoms with Crippen molar-refractivity contribution in [2.24, 2.45) is 0 Å². The van der Waals surface area contributed by atoms with Gasteiger partial charge in [-0.05, 0) is 61.4 Å². The molecule has 30 heavy (non-hydrogen) atoms. The predicted octanol–water partition coefficient (Wildman–Crippen LogP) is 3.68. The summed E-state index contributed by atoms with van der Waals surface area (Å²) in [4.78, 5) is 27.0. The van der Waals surface area contributed by atoms with Crippen molar-refractivity contribution in [3.05, 3.63) is 59.2 Å². The van der Waals surface area contributed by atoms with E-state index in [2.05, 4.69) is 33.7 Å². The van der Waals surface area contributed by atoms with Gasteiger partial charge in [0.15, 0.2) is 0 Å². The number of nitrogens with one attached hydrogen (secondary N) is 2. The number of fused-ring (bicyclic) bond motifs is 1. The molecule has 2 aliphatic rings. The van der Waals surface area contributed by atoms with Crippen LogP contribution in [0, 0.1) is 0 Å². The van der Waals surface area contributed by atoms with Crippen LogP contribution in [-0.2, 0) is 16.0 Å². The molecule has 0 aromatic heterocycles. The minimum Gasteiger partial charge on any atom is -0.465 e. The number of nitrogens with zero attached hydrogens (tertiary/aromatic N) is 1. The van der Waals surface area contributed by atoms with Crippen LogP contribution in [-0.4, -0.2) is 38.6 Å². The van der Waals surface area contributed by atoms with Crippen molar-refractivity contribution in [1.29, 1.82) is 0 Å². The Balaban J connectivity index is 1.46. The number of rotatable bonds is 6. The average Bonchev–Trinajstić information content (AvgIpc) is 3.32. The summed E-state index contributed by atoms with van der Waals surface area (Å²) in [5.74, 6) is -0.429. The smallest absolute Gasteiger partial charge is 0.337 e. The van der Waals surface area contributed by atoms with Crippen LogP contribution in [0.3, 0.4) is 0 Å². The fourth-order valence-electron chi connectivity index (χ4n) is 4.48. The Morgan fingerprint density at radius 2 is 1.90 bits per heavy atom. The van der Waals surface area contributed by atoms with E-state index in [1.54, 1.807) is 12.1 Å². The van der Waals surface area contributed by atoms with E-state index in [0.29, 0.717) is 5.56 Å². The molecule has 0 saturated carbocycles. The highest BCUT2D eigenvalue weighted by Crippen LogP contribution is 2.31. The molecule has 158 valence electrons. The van der Waals surface area contributed by atoms with Gasteiger partial charge in [-0.25, -0.2) is 4.79 Å². The largest absolute Gasteiger partial charge is 0.465 e. The number of esters is 1. The zero-order valence-electron chi connectivity index (χ0n) is 17.4. The molecule has 2 aromatic rings. The maximum atomic E-state index is 12.7. The van der Waals surface area contributed by atoms with E-state index in [-0.39, 0.29) is 24.5 Å². The molecule has 2 N–H and O–H groups in total. The van der Waals surface area contributed by atoms with E-state index in [1.807, 2.05) is 12.1 Å². The molecule has 2 aromatic carbocycles. The van der Waals surface area contributed by atoms with Crippen LogP contribution < -0.4 is 15.5 Å². The molecule has 6 heteroatoms. The third-order valence-electron chi connectivity index (χ3n) is 6.01. The lowest BCUT2D eigenvalue weighted by Crippen LogP contribution is -2.35. The van der Waals surface area contributed by atoms with Gasteiger partial charge in [0.25, 0.3) is 0 Å². The van der Waals surface area contributed by atoms with Crippen LogP contribution in [0.5, 0.6) is 0 Å². The lowest BCUT2D eigenvalue weighted by Gasteiger charge is -2.27. The number of methoxy groups -OCH3 is 1. The van der Waals surface area contributed by atoms with Crippen molar-refractivity contribution < 1.29 is 14.3 Å². The fourth-order valence-corrected chi connectivity index (χ4v) is 4.48. The van der Waals surface area contributed by atoms with E-state index < -0.39 is 0 Å². The van der Waals surface area contributed by atoms with Crippen molar-refractivity contribution in [1.82, 2.24) is 5.32 Å². The van der Waals surface area contributed by atoms with Gasteiger partial charge in [0.1, 0.15) is 0 Å². The van der Waals surface area contributed by atoms with Gasteiger partial charge in [-0.3, -0.25) is 4.79 Å². The van der Waals surface area contributed by atoms with Crippen LogP contribution in [0.15, 0.2) is 42.5 Å². The highest BCUT2D eigenvalue weighted by Gasteiger charge is 2.22. The second kappa shape index (κ2) is 9.20. The molecule has 0 radical (unpaired) electrons. The molecular formula is C24H29N3O3. The van der Waals surface area contributed by atoms with E-state index in [1.165, 1.54) is 18.2 Å². The number of carbonyl (C=O) groups excluding carboxylic acids is 2. The molecule has 4 rings (SSSR count). The first-order chi connectivity index (χ1) is 14.7. The van der Waals surface area contributed by atoms with E-state index in [4.69, 9.17) is 4.74 Å². The Hall–Kier alpha value is -3.02. The summed E-state index contributed by atoms with van der Waals surface area (Å²) in [6, 6.07) is 13.9. The molecule has 0 bridgehead atoms. The van der Waals surface area contributed by atoms with E-state index >= 15 is 0 Å². The summed E-state index contributed by atoms with van der Waals surface area (Å²) in [6.07, 6.45) is 5.41. The minimum atomic E-state index is -0.380. The summed E-state index contributed by atoms with van der Waals surface area (Å²) < 4.78 is 4.86. The van der Waals surface area contributed by atoms with E-state index in [0.717, 1.165) is 56.6 Å². The molecule has 0 spiro atoms. The van der Waals surface area contributed by atoms with Crippen LogP contribution >= 0.6 is 0 Å². The first-order valence-corrected chi connectivity index (χ1v) is 10.7. The lowest BCUT2D eigenvalue weighted by atomic mass is 9.88. The molecule has 1 aliphatic heterocycles. The van der Waals surface area contributed by atoms with Crippen LogP contribution in [0.1, 0.15) is 53.2 Å². The maximum Gasteiger partial charge on any atom is 0.337 e.